The summed E-state index contributed by atoms with van der Waals surface area (Å²) in [5.41, 5.74) is 1.40. The van der Waals surface area contributed by atoms with Gasteiger partial charge >= 0.3 is 0 Å². The number of fused-ring (bicyclic) bond motifs is 1. The van der Waals surface area contributed by atoms with E-state index in [1.807, 2.05) is 0 Å². The van der Waals surface area contributed by atoms with Crippen LogP contribution in [0.5, 0.6) is 0 Å². The van der Waals surface area contributed by atoms with Crippen molar-refractivity contribution in [3.63, 3.8) is 0 Å². The Balaban J connectivity index is 1.93. The Bertz CT molecular complexity index is 492. The van der Waals surface area contributed by atoms with E-state index in [4.69, 9.17) is 5.26 Å². The highest BCUT2D eigenvalue weighted by Crippen LogP contribution is 2.39. The second-order valence-corrected chi connectivity index (χ2v) is 5.37. The van der Waals surface area contributed by atoms with Crippen molar-refractivity contribution in [2.24, 2.45) is 5.92 Å². The number of benzene rings is 1. The molecule has 1 aromatic carbocycles. The van der Waals surface area contributed by atoms with E-state index in [0.717, 1.165) is 18.2 Å². The van der Waals surface area contributed by atoms with Gasteiger partial charge in [0, 0.05) is 12.6 Å². The number of halogens is 1. The van der Waals surface area contributed by atoms with Crippen LogP contribution >= 0.6 is 0 Å². The predicted octanol–water partition coefficient (Wildman–Crippen LogP) is 3.47. The molecule has 1 saturated heterocycles. The molecule has 1 heterocycles. The third-order valence-electron chi connectivity index (χ3n) is 4.40. The van der Waals surface area contributed by atoms with Crippen molar-refractivity contribution in [1.82, 2.24) is 0 Å². The molecule has 2 unspecified atom stereocenters. The van der Waals surface area contributed by atoms with Crippen molar-refractivity contribution in [2.45, 2.75) is 38.1 Å². The third kappa shape index (κ3) is 1.86. The largest absolute Gasteiger partial charge is 0.367 e. The lowest BCUT2D eigenvalue weighted by molar-refractivity contribution is 0.342. The molecule has 0 N–H and O–H groups in total. The Morgan fingerprint density at radius 1 is 1.22 bits per heavy atom. The van der Waals surface area contributed by atoms with Crippen LogP contribution in [-0.2, 0) is 0 Å². The maximum Gasteiger partial charge on any atom is 0.124 e. The fourth-order valence-corrected chi connectivity index (χ4v) is 3.55. The molecule has 0 bridgehead atoms. The van der Waals surface area contributed by atoms with Gasteiger partial charge in [-0.3, -0.25) is 0 Å². The fourth-order valence-electron chi connectivity index (χ4n) is 3.55. The Kier molecular flexibility index (Phi) is 2.95. The minimum absolute atomic E-state index is 0.324. The van der Waals surface area contributed by atoms with Crippen molar-refractivity contribution in [2.75, 3.05) is 11.4 Å². The molecule has 3 rings (SSSR count). The van der Waals surface area contributed by atoms with E-state index in [9.17, 15) is 4.39 Å². The van der Waals surface area contributed by atoms with E-state index in [1.165, 1.54) is 44.2 Å². The summed E-state index contributed by atoms with van der Waals surface area (Å²) in [6, 6.07) is 7.28. The molecule has 0 radical (unpaired) electrons. The zero-order valence-corrected chi connectivity index (χ0v) is 10.4. The summed E-state index contributed by atoms with van der Waals surface area (Å²) in [7, 11) is 0. The molecule has 2 aliphatic rings. The second-order valence-electron chi connectivity index (χ2n) is 5.37. The number of anilines is 1. The molecule has 3 heteroatoms. The summed E-state index contributed by atoms with van der Waals surface area (Å²) < 4.78 is 13.2. The van der Waals surface area contributed by atoms with Gasteiger partial charge in [0.25, 0.3) is 0 Å². The van der Waals surface area contributed by atoms with Crippen molar-refractivity contribution in [3.05, 3.63) is 29.6 Å². The first-order valence-corrected chi connectivity index (χ1v) is 6.76. The number of hydrogen-bond acceptors (Lipinski definition) is 2. The third-order valence-corrected chi connectivity index (χ3v) is 4.40. The second kappa shape index (κ2) is 4.61. The molecule has 1 saturated carbocycles. The Hall–Kier alpha value is -1.56. The Labute approximate surface area is 107 Å². The molecular formula is C15H17FN2. The van der Waals surface area contributed by atoms with Crippen LogP contribution in [0.2, 0.25) is 0 Å². The summed E-state index contributed by atoms with van der Waals surface area (Å²) in [6.45, 7) is 1.01. The minimum atomic E-state index is -0.324. The van der Waals surface area contributed by atoms with E-state index < -0.39 is 0 Å². The fraction of sp³-hybridized carbons (Fsp3) is 0.533. The maximum absolute atomic E-state index is 13.2. The van der Waals surface area contributed by atoms with Gasteiger partial charge in [-0.05, 0) is 43.4 Å². The van der Waals surface area contributed by atoms with E-state index in [-0.39, 0.29) is 5.82 Å². The maximum atomic E-state index is 13.2. The zero-order chi connectivity index (χ0) is 12.5. The Morgan fingerprint density at radius 3 is 2.89 bits per heavy atom. The van der Waals surface area contributed by atoms with Crippen molar-refractivity contribution < 1.29 is 4.39 Å². The summed E-state index contributed by atoms with van der Waals surface area (Å²) in [6.07, 6.45) is 6.36. The lowest BCUT2D eigenvalue weighted by Crippen LogP contribution is -2.35. The van der Waals surface area contributed by atoms with Crippen LogP contribution in [0.4, 0.5) is 10.1 Å². The van der Waals surface area contributed by atoms with Crippen molar-refractivity contribution >= 4 is 5.69 Å². The van der Waals surface area contributed by atoms with Gasteiger partial charge in [-0.1, -0.05) is 12.8 Å². The molecule has 0 spiro atoms. The van der Waals surface area contributed by atoms with Gasteiger partial charge in [-0.25, -0.2) is 4.39 Å². The highest BCUT2D eigenvalue weighted by Gasteiger charge is 2.36. The molecule has 2 nitrogen and oxygen atoms in total. The highest BCUT2D eigenvalue weighted by atomic mass is 19.1. The van der Waals surface area contributed by atoms with Crippen LogP contribution in [0.1, 0.15) is 37.7 Å². The normalized spacial score (nSPS) is 26.8. The predicted molar refractivity (Wildman–Crippen MR) is 68.8 cm³/mol. The lowest BCUT2D eigenvalue weighted by Gasteiger charge is -2.33. The zero-order valence-electron chi connectivity index (χ0n) is 10.4. The van der Waals surface area contributed by atoms with Gasteiger partial charge in [-0.15, -0.1) is 0 Å². The number of nitriles is 1. The average Bonchev–Trinajstić information content (AvgIpc) is 2.82. The van der Waals surface area contributed by atoms with Gasteiger partial charge < -0.3 is 4.90 Å². The van der Waals surface area contributed by atoms with Crippen LogP contribution in [0.3, 0.4) is 0 Å². The van der Waals surface area contributed by atoms with Crippen LogP contribution < -0.4 is 4.90 Å². The first kappa shape index (κ1) is 11.5. The van der Waals surface area contributed by atoms with Crippen molar-refractivity contribution in [1.29, 1.82) is 5.26 Å². The number of hydrogen-bond donors (Lipinski definition) is 0. The van der Waals surface area contributed by atoms with Crippen LogP contribution in [0.25, 0.3) is 0 Å². The minimum Gasteiger partial charge on any atom is -0.367 e. The monoisotopic (exact) mass is 244 g/mol. The van der Waals surface area contributed by atoms with Gasteiger partial charge in [-0.2, -0.15) is 5.26 Å². The van der Waals surface area contributed by atoms with Crippen LogP contribution in [0, 0.1) is 23.1 Å². The van der Waals surface area contributed by atoms with Crippen LogP contribution in [-0.4, -0.2) is 12.6 Å². The topological polar surface area (TPSA) is 27.0 Å². The SMILES string of the molecule is N#Cc1cc(F)ccc1N1CCC2CCCCC21. The molecule has 0 amide bonds. The molecule has 1 aromatic rings. The molecule has 0 aromatic heterocycles. The molecule has 1 aliphatic heterocycles. The molecular weight excluding hydrogens is 227 g/mol. The van der Waals surface area contributed by atoms with E-state index in [1.54, 1.807) is 6.07 Å². The van der Waals surface area contributed by atoms with Gasteiger partial charge in [0.15, 0.2) is 0 Å². The summed E-state index contributed by atoms with van der Waals surface area (Å²) in [5.74, 6) is 0.449. The van der Waals surface area contributed by atoms with E-state index in [2.05, 4.69) is 11.0 Å². The number of nitrogens with zero attached hydrogens (tertiary/aromatic N) is 2. The van der Waals surface area contributed by atoms with Crippen molar-refractivity contribution in [3.8, 4) is 6.07 Å². The van der Waals surface area contributed by atoms with Gasteiger partial charge in [0.05, 0.1) is 11.3 Å². The first-order chi connectivity index (χ1) is 8.79. The summed E-state index contributed by atoms with van der Waals surface area (Å²) in [5, 5.41) is 9.16. The van der Waals surface area contributed by atoms with Crippen LogP contribution in [0.15, 0.2) is 18.2 Å². The van der Waals surface area contributed by atoms with E-state index >= 15 is 0 Å². The number of rotatable bonds is 1. The quantitative estimate of drug-likeness (QED) is 0.756. The highest BCUT2D eigenvalue weighted by molar-refractivity contribution is 5.60. The smallest absolute Gasteiger partial charge is 0.124 e. The van der Waals surface area contributed by atoms with E-state index in [0.29, 0.717) is 11.6 Å². The molecule has 18 heavy (non-hydrogen) atoms. The molecule has 1 aliphatic carbocycles. The first-order valence-electron chi connectivity index (χ1n) is 6.76. The molecule has 2 atom stereocenters. The Morgan fingerprint density at radius 2 is 2.06 bits per heavy atom. The summed E-state index contributed by atoms with van der Waals surface area (Å²) in [4.78, 5) is 2.34. The summed E-state index contributed by atoms with van der Waals surface area (Å²) >= 11 is 0. The van der Waals surface area contributed by atoms with Gasteiger partial charge in [0.2, 0.25) is 0 Å². The standard InChI is InChI=1S/C15H17FN2/c16-13-5-6-15(12(9-13)10-17)18-8-7-11-3-1-2-4-14(11)18/h5-6,9,11,14H,1-4,7-8H2. The van der Waals surface area contributed by atoms with Gasteiger partial charge in [0.1, 0.15) is 11.9 Å². The molecule has 2 fully saturated rings. The lowest BCUT2D eigenvalue weighted by atomic mass is 9.85. The molecule has 94 valence electrons. The average molecular weight is 244 g/mol.